The number of benzene rings is 3. The van der Waals surface area contributed by atoms with Gasteiger partial charge in [-0.2, -0.15) is 18.4 Å². The van der Waals surface area contributed by atoms with Crippen molar-refractivity contribution >= 4 is 46.3 Å². The van der Waals surface area contributed by atoms with E-state index in [0.717, 1.165) is 24.3 Å². The second-order valence-corrected chi connectivity index (χ2v) is 8.65. The number of ketones is 1. The van der Waals surface area contributed by atoms with Crippen LogP contribution in [0.1, 0.15) is 23.5 Å². The first-order valence-electron chi connectivity index (χ1n) is 10.2. The van der Waals surface area contributed by atoms with E-state index >= 15 is 0 Å². The summed E-state index contributed by atoms with van der Waals surface area (Å²) in [6, 6.07) is 12.1. The number of nitriles is 1. The molecule has 1 unspecified atom stereocenters. The van der Waals surface area contributed by atoms with E-state index < -0.39 is 34.1 Å². The summed E-state index contributed by atoms with van der Waals surface area (Å²) in [7, 11) is 0. The maximum Gasteiger partial charge on any atom is 0.416 e. The van der Waals surface area contributed by atoms with Gasteiger partial charge in [0.1, 0.15) is 17.4 Å². The van der Waals surface area contributed by atoms with Crippen molar-refractivity contribution < 1.29 is 32.4 Å². The Labute approximate surface area is 223 Å². The van der Waals surface area contributed by atoms with Crippen molar-refractivity contribution in [2.45, 2.75) is 18.5 Å². The van der Waals surface area contributed by atoms with E-state index in [1.165, 1.54) is 24.3 Å². The lowest BCUT2D eigenvalue weighted by Crippen LogP contribution is -2.14. The highest BCUT2D eigenvalue weighted by molar-refractivity contribution is 6.42. The van der Waals surface area contributed by atoms with Gasteiger partial charge < -0.3 is 9.47 Å². The van der Waals surface area contributed by atoms with E-state index in [2.05, 4.69) is 0 Å². The van der Waals surface area contributed by atoms with Gasteiger partial charge in [-0.3, -0.25) is 14.9 Å². The fourth-order valence-electron chi connectivity index (χ4n) is 3.14. The molecule has 0 heterocycles. The molecule has 0 spiro atoms. The molecule has 37 heavy (non-hydrogen) atoms. The van der Waals surface area contributed by atoms with Crippen molar-refractivity contribution in [3.05, 3.63) is 90.9 Å². The van der Waals surface area contributed by atoms with Gasteiger partial charge in [-0.25, -0.2) is 0 Å². The van der Waals surface area contributed by atoms with Crippen LogP contribution in [0.3, 0.4) is 0 Å². The van der Waals surface area contributed by atoms with Crippen LogP contribution in [-0.2, 0) is 11.0 Å². The minimum absolute atomic E-state index is 0.0145. The van der Waals surface area contributed by atoms with E-state index in [0.29, 0.717) is 11.6 Å². The smallest absolute Gasteiger partial charge is 0.416 e. The summed E-state index contributed by atoms with van der Waals surface area (Å²) >= 11 is 17.7. The average Bonchev–Trinajstić information content (AvgIpc) is 2.82. The predicted molar refractivity (Wildman–Crippen MR) is 130 cm³/mol. The third-order valence-corrected chi connectivity index (χ3v) is 5.98. The lowest BCUT2D eigenvalue weighted by molar-refractivity contribution is -0.385. The van der Waals surface area contributed by atoms with Gasteiger partial charge >= 0.3 is 11.9 Å². The average molecular weight is 574 g/mol. The zero-order valence-electron chi connectivity index (χ0n) is 18.4. The molecule has 3 aromatic carbocycles. The van der Waals surface area contributed by atoms with Crippen LogP contribution in [0, 0.1) is 21.4 Å². The lowest BCUT2D eigenvalue weighted by atomic mass is 9.94. The van der Waals surface area contributed by atoms with Gasteiger partial charge in [0.2, 0.25) is 5.75 Å². The molecule has 13 heteroatoms. The highest BCUT2D eigenvalue weighted by Gasteiger charge is 2.31. The van der Waals surface area contributed by atoms with Crippen LogP contribution in [0.15, 0.2) is 54.6 Å². The summed E-state index contributed by atoms with van der Waals surface area (Å²) in [4.78, 5) is 23.3. The van der Waals surface area contributed by atoms with Crippen LogP contribution in [0.2, 0.25) is 15.1 Å². The molecule has 3 rings (SSSR count). The number of carbonyl (C=O) groups is 1. The number of halogens is 6. The van der Waals surface area contributed by atoms with Gasteiger partial charge in [-0.15, -0.1) is 0 Å². The maximum atomic E-state index is 12.8. The number of rotatable bonds is 9. The molecule has 192 valence electrons. The molecule has 0 aliphatic carbocycles. The number of nitrogens with zero attached hydrogens (tertiary/aromatic N) is 2. The lowest BCUT2D eigenvalue weighted by Gasteiger charge is -2.13. The molecule has 0 amide bonds. The molecule has 0 aliphatic rings. The number of carbonyl (C=O) groups excluding carboxylic acids is 1. The minimum Gasteiger partial charge on any atom is -0.486 e. The Morgan fingerprint density at radius 2 is 1.73 bits per heavy atom. The normalized spacial score (nSPS) is 11.9. The first kappa shape index (κ1) is 28.1. The number of Topliss-reactive ketones (excluding diaryl/α,β-unsaturated/α-hetero) is 1. The van der Waals surface area contributed by atoms with Gasteiger partial charge in [-0.05, 0) is 42.0 Å². The van der Waals surface area contributed by atoms with E-state index in [1.807, 2.05) is 6.07 Å². The van der Waals surface area contributed by atoms with Gasteiger partial charge in [0.25, 0.3) is 0 Å². The van der Waals surface area contributed by atoms with Crippen molar-refractivity contribution in [3.8, 4) is 23.3 Å². The van der Waals surface area contributed by atoms with Crippen LogP contribution in [0.4, 0.5) is 18.9 Å². The van der Waals surface area contributed by atoms with E-state index in [4.69, 9.17) is 44.3 Å². The molecule has 0 aliphatic heterocycles. The third-order valence-electron chi connectivity index (χ3n) is 4.95. The van der Waals surface area contributed by atoms with E-state index in [-0.39, 0.29) is 45.3 Å². The highest BCUT2D eigenvalue weighted by Crippen LogP contribution is 2.38. The number of hydrogen-bond donors (Lipinski definition) is 0. The van der Waals surface area contributed by atoms with Crippen molar-refractivity contribution in [2.75, 3.05) is 6.61 Å². The Morgan fingerprint density at radius 3 is 2.32 bits per heavy atom. The number of ether oxygens (including phenoxy) is 2. The standard InChI is InChI=1S/C24H14Cl3F3N2O5/c25-17-4-1-13(9-18(17)26)16(12-31)21(33)7-8-36-23-11-15(3-5-20(23)32(34)35)37-22-6-2-14(10-19(22)27)24(28,29)30/h1-6,9-11,16H,7-8H2. The van der Waals surface area contributed by atoms with Crippen LogP contribution < -0.4 is 9.47 Å². The molecule has 0 fully saturated rings. The van der Waals surface area contributed by atoms with Gasteiger partial charge in [0, 0.05) is 18.6 Å². The molecule has 0 radical (unpaired) electrons. The zero-order chi connectivity index (χ0) is 27.3. The van der Waals surface area contributed by atoms with Crippen LogP contribution in [0.25, 0.3) is 0 Å². The van der Waals surface area contributed by atoms with Crippen molar-refractivity contribution in [1.82, 2.24) is 0 Å². The van der Waals surface area contributed by atoms with Crippen molar-refractivity contribution in [2.24, 2.45) is 0 Å². The second kappa shape index (κ2) is 11.7. The fraction of sp³-hybridized carbons (Fsp3) is 0.167. The summed E-state index contributed by atoms with van der Waals surface area (Å²) in [5, 5.41) is 20.9. The van der Waals surface area contributed by atoms with Gasteiger partial charge in [-0.1, -0.05) is 40.9 Å². The number of nitro groups is 1. The first-order valence-corrected chi connectivity index (χ1v) is 11.4. The largest absolute Gasteiger partial charge is 0.486 e. The first-order chi connectivity index (χ1) is 17.4. The molecule has 7 nitrogen and oxygen atoms in total. The van der Waals surface area contributed by atoms with Crippen LogP contribution in [-0.4, -0.2) is 17.3 Å². The van der Waals surface area contributed by atoms with Crippen LogP contribution in [0.5, 0.6) is 17.2 Å². The molecular formula is C24H14Cl3F3N2O5. The Bertz CT molecular complexity index is 1390. The minimum atomic E-state index is -4.60. The zero-order valence-corrected chi connectivity index (χ0v) is 20.7. The summed E-state index contributed by atoms with van der Waals surface area (Å²) in [6.07, 6.45) is -4.87. The third kappa shape index (κ3) is 7.04. The molecule has 0 N–H and O–H groups in total. The predicted octanol–water partition coefficient (Wildman–Crippen LogP) is 8.01. The highest BCUT2D eigenvalue weighted by atomic mass is 35.5. The number of hydrogen-bond acceptors (Lipinski definition) is 6. The fourth-order valence-corrected chi connectivity index (χ4v) is 3.67. The molecule has 1 atom stereocenters. The Hall–Kier alpha value is -3.52. The van der Waals surface area contributed by atoms with Crippen molar-refractivity contribution in [1.29, 1.82) is 5.26 Å². The molecule has 0 aromatic heterocycles. The SMILES string of the molecule is N#CC(C(=O)CCOc1cc(Oc2ccc(C(F)(F)F)cc2Cl)ccc1[N+](=O)[O-])c1ccc(Cl)c(Cl)c1. The summed E-state index contributed by atoms with van der Waals surface area (Å²) < 4.78 is 49.4. The second-order valence-electron chi connectivity index (χ2n) is 7.43. The Kier molecular flexibility index (Phi) is 8.86. The molecule has 0 bridgehead atoms. The molecular weight excluding hydrogens is 560 g/mol. The molecule has 3 aromatic rings. The quantitative estimate of drug-likeness (QED) is 0.190. The summed E-state index contributed by atoms with van der Waals surface area (Å²) in [5.74, 6) is -2.08. The Balaban J connectivity index is 1.74. The summed E-state index contributed by atoms with van der Waals surface area (Å²) in [6.45, 7) is -0.316. The Morgan fingerprint density at radius 1 is 1.00 bits per heavy atom. The van der Waals surface area contributed by atoms with Crippen LogP contribution >= 0.6 is 34.8 Å². The van der Waals surface area contributed by atoms with E-state index in [1.54, 1.807) is 0 Å². The topological polar surface area (TPSA) is 102 Å². The van der Waals surface area contributed by atoms with Crippen molar-refractivity contribution in [3.63, 3.8) is 0 Å². The molecule has 0 saturated heterocycles. The number of nitro benzene ring substituents is 1. The monoisotopic (exact) mass is 572 g/mol. The number of alkyl halides is 3. The van der Waals surface area contributed by atoms with E-state index in [9.17, 15) is 33.3 Å². The van der Waals surface area contributed by atoms with Gasteiger partial charge in [0.05, 0.1) is 38.2 Å². The molecule has 0 saturated carbocycles. The van der Waals surface area contributed by atoms with Gasteiger partial charge in [0.15, 0.2) is 5.78 Å². The summed E-state index contributed by atoms with van der Waals surface area (Å²) in [5.41, 5.74) is -1.09. The maximum absolute atomic E-state index is 12.8.